The maximum absolute atomic E-state index is 13.4. The highest BCUT2D eigenvalue weighted by Crippen LogP contribution is 2.45. The van der Waals surface area contributed by atoms with Crippen LogP contribution in [0.25, 0.3) is 11.1 Å². The molecule has 195 valence electrons. The molecule has 6 heteroatoms. The predicted molar refractivity (Wildman–Crippen MR) is 147 cm³/mol. The minimum atomic E-state index is -1.15. The monoisotopic (exact) mass is 510 g/mol. The van der Waals surface area contributed by atoms with Crippen molar-refractivity contribution in [2.45, 2.75) is 76.4 Å². The summed E-state index contributed by atoms with van der Waals surface area (Å²) in [4.78, 5) is 19.8. The lowest BCUT2D eigenvalue weighted by atomic mass is 9.72. The van der Waals surface area contributed by atoms with Gasteiger partial charge in [0.25, 0.3) is 0 Å². The van der Waals surface area contributed by atoms with Gasteiger partial charge < -0.3 is 15.3 Å². The first-order valence-electron chi connectivity index (χ1n) is 13.6. The summed E-state index contributed by atoms with van der Waals surface area (Å²) < 4.78 is 0. The number of aliphatic hydroxyl groups is 1. The summed E-state index contributed by atoms with van der Waals surface area (Å²) in [5, 5.41) is 16.1. The van der Waals surface area contributed by atoms with Crippen molar-refractivity contribution < 1.29 is 9.90 Å². The molecule has 2 fully saturated rings. The number of pyridine rings is 1. The van der Waals surface area contributed by atoms with Crippen LogP contribution in [0.4, 0.5) is 0 Å². The number of hydrogen-bond donors (Lipinski definition) is 2. The molecule has 4 unspecified atom stereocenters. The smallest absolute Gasteiger partial charge is 0.225 e. The number of likely N-dealkylation sites (tertiary alicyclic amines) is 1. The molecule has 2 heterocycles. The molecule has 2 aliphatic rings. The van der Waals surface area contributed by atoms with E-state index in [9.17, 15) is 9.90 Å². The van der Waals surface area contributed by atoms with Crippen LogP contribution in [0.1, 0.15) is 69.4 Å². The van der Waals surface area contributed by atoms with Gasteiger partial charge in [0, 0.05) is 42.7 Å². The van der Waals surface area contributed by atoms with E-state index in [4.69, 9.17) is 11.6 Å². The molecule has 1 aromatic heterocycles. The fourth-order valence-electron chi connectivity index (χ4n) is 6.36. The van der Waals surface area contributed by atoms with Crippen LogP contribution in [-0.2, 0) is 16.8 Å². The number of hydrogen-bond acceptors (Lipinski definition) is 4. The van der Waals surface area contributed by atoms with Crippen LogP contribution in [0.5, 0.6) is 0 Å². The molecule has 0 spiro atoms. The van der Waals surface area contributed by atoms with Gasteiger partial charge in [0.15, 0.2) is 0 Å². The van der Waals surface area contributed by atoms with E-state index in [1.165, 1.54) is 5.56 Å². The fourth-order valence-corrected chi connectivity index (χ4v) is 6.63. The van der Waals surface area contributed by atoms with Gasteiger partial charge in [-0.05, 0) is 74.8 Å². The SMILES string of the molecule is [CH2]CCC(O)(c1ccnc(Cl)c1-c1cccc(CCC)c1)C1CCCN(C(=O)C2CCC(NC)C2)C1. The number of aryl methyl sites for hydroxylation is 1. The van der Waals surface area contributed by atoms with Crippen LogP contribution in [0.3, 0.4) is 0 Å². The number of piperidine rings is 1. The Balaban J connectivity index is 1.67. The number of benzene rings is 1. The van der Waals surface area contributed by atoms with Crippen LogP contribution in [0, 0.1) is 18.8 Å². The van der Waals surface area contributed by atoms with Gasteiger partial charge in [-0.2, -0.15) is 0 Å². The molecular weight excluding hydrogens is 470 g/mol. The summed E-state index contributed by atoms with van der Waals surface area (Å²) in [6.45, 7) is 7.59. The first-order chi connectivity index (χ1) is 17.4. The highest BCUT2D eigenvalue weighted by Gasteiger charge is 2.44. The van der Waals surface area contributed by atoms with Gasteiger partial charge in [-0.1, -0.05) is 62.6 Å². The third kappa shape index (κ3) is 5.64. The van der Waals surface area contributed by atoms with Crippen molar-refractivity contribution in [3.8, 4) is 11.1 Å². The Morgan fingerprint density at radius 3 is 2.86 bits per heavy atom. The normalized spacial score (nSPS) is 24.0. The molecule has 1 saturated heterocycles. The second kappa shape index (κ2) is 12.1. The lowest BCUT2D eigenvalue weighted by Gasteiger charge is -2.44. The largest absolute Gasteiger partial charge is 0.385 e. The predicted octanol–water partition coefficient (Wildman–Crippen LogP) is 5.78. The molecule has 1 saturated carbocycles. The van der Waals surface area contributed by atoms with Crippen LogP contribution >= 0.6 is 11.6 Å². The zero-order chi connectivity index (χ0) is 25.7. The van der Waals surface area contributed by atoms with E-state index in [0.29, 0.717) is 30.6 Å². The van der Waals surface area contributed by atoms with Crippen LogP contribution in [0.15, 0.2) is 36.5 Å². The van der Waals surface area contributed by atoms with Crippen molar-refractivity contribution in [3.05, 3.63) is 59.7 Å². The summed E-state index contributed by atoms with van der Waals surface area (Å²) in [5.74, 6) is 0.235. The Bertz CT molecular complexity index is 1040. The fraction of sp³-hybridized carbons (Fsp3) is 0.567. The molecule has 4 rings (SSSR count). The van der Waals surface area contributed by atoms with Crippen LogP contribution in [-0.4, -0.2) is 47.1 Å². The quantitative estimate of drug-likeness (QED) is 0.419. The number of nitrogens with one attached hydrogen (secondary N) is 1. The number of carbonyl (C=O) groups is 1. The molecule has 1 aromatic carbocycles. The van der Waals surface area contributed by atoms with Crippen molar-refractivity contribution in [1.29, 1.82) is 0 Å². The maximum atomic E-state index is 13.4. The average molecular weight is 511 g/mol. The molecule has 1 aliphatic carbocycles. The third-order valence-corrected chi connectivity index (χ3v) is 8.57. The van der Waals surface area contributed by atoms with Gasteiger partial charge in [0.05, 0.1) is 5.60 Å². The van der Waals surface area contributed by atoms with Crippen LogP contribution < -0.4 is 5.32 Å². The zero-order valence-corrected chi connectivity index (χ0v) is 22.6. The molecule has 36 heavy (non-hydrogen) atoms. The minimum Gasteiger partial charge on any atom is -0.385 e. The summed E-state index contributed by atoms with van der Waals surface area (Å²) in [6.07, 6.45) is 9.46. The Morgan fingerprint density at radius 1 is 1.31 bits per heavy atom. The number of aromatic nitrogens is 1. The Labute approximate surface area is 221 Å². The van der Waals surface area contributed by atoms with E-state index in [2.05, 4.69) is 42.3 Å². The summed E-state index contributed by atoms with van der Waals surface area (Å²) in [7, 11) is 1.97. The third-order valence-electron chi connectivity index (χ3n) is 8.28. The number of carbonyl (C=O) groups excluding carboxylic acids is 1. The zero-order valence-electron chi connectivity index (χ0n) is 21.8. The van der Waals surface area contributed by atoms with E-state index in [1.54, 1.807) is 6.20 Å². The van der Waals surface area contributed by atoms with E-state index in [1.807, 2.05) is 24.1 Å². The van der Waals surface area contributed by atoms with Gasteiger partial charge in [-0.3, -0.25) is 4.79 Å². The second-order valence-electron chi connectivity index (χ2n) is 10.6. The molecule has 1 amide bonds. The number of rotatable bonds is 9. The topological polar surface area (TPSA) is 65.5 Å². The molecule has 4 atom stereocenters. The average Bonchev–Trinajstić information content (AvgIpc) is 3.38. The second-order valence-corrected chi connectivity index (χ2v) is 11.0. The summed E-state index contributed by atoms with van der Waals surface area (Å²) in [6, 6.07) is 10.7. The molecule has 5 nitrogen and oxygen atoms in total. The van der Waals surface area contributed by atoms with Crippen molar-refractivity contribution >= 4 is 17.5 Å². The van der Waals surface area contributed by atoms with Crippen LogP contribution in [0.2, 0.25) is 5.15 Å². The van der Waals surface area contributed by atoms with E-state index in [-0.39, 0.29) is 17.7 Å². The number of amides is 1. The molecule has 1 radical (unpaired) electrons. The van der Waals surface area contributed by atoms with Crippen molar-refractivity contribution in [1.82, 2.24) is 15.2 Å². The highest BCUT2D eigenvalue weighted by molar-refractivity contribution is 6.32. The van der Waals surface area contributed by atoms with Gasteiger partial charge in [-0.25, -0.2) is 4.98 Å². The maximum Gasteiger partial charge on any atom is 0.225 e. The molecular formula is C30H41ClN3O2. The van der Waals surface area contributed by atoms with Crippen molar-refractivity contribution in [2.75, 3.05) is 20.1 Å². The molecule has 2 N–H and O–H groups in total. The Hall–Kier alpha value is -1.95. The van der Waals surface area contributed by atoms with E-state index in [0.717, 1.165) is 68.2 Å². The van der Waals surface area contributed by atoms with Gasteiger partial charge in [0.1, 0.15) is 5.15 Å². The van der Waals surface area contributed by atoms with E-state index < -0.39 is 5.60 Å². The number of nitrogens with zero attached hydrogens (tertiary/aromatic N) is 2. The molecule has 1 aliphatic heterocycles. The summed E-state index contributed by atoms with van der Waals surface area (Å²) in [5.41, 5.74) is 2.67. The first-order valence-corrected chi connectivity index (χ1v) is 14.0. The number of halogens is 1. The standard InChI is InChI=1S/C30H41ClN3O2/c1-4-8-21-9-6-10-22(18-21)27-26(14-16-33-28(27)31)30(36,15-5-2)24-11-7-17-34(20-24)29(35)23-12-13-25(19-23)32-3/h6,9-10,14,16,18,23-25,32,36H,2,4-5,7-8,11-13,15,17,19-20H2,1,3H3. The molecule has 0 bridgehead atoms. The highest BCUT2D eigenvalue weighted by atomic mass is 35.5. The van der Waals surface area contributed by atoms with Crippen molar-refractivity contribution in [2.24, 2.45) is 11.8 Å². The Kier molecular flexibility index (Phi) is 9.08. The lowest BCUT2D eigenvalue weighted by Crippen LogP contribution is -2.49. The summed E-state index contributed by atoms with van der Waals surface area (Å²) >= 11 is 6.72. The van der Waals surface area contributed by atoms with Gasteiger partial charge in [0.2, 0.25) is 5.91 Å². The van der Waals surface area contributed by atoms with Gasteiger partial charge in [-0.15, -0.1) is 0 Å². The van der Waals surface area contributed by atoms with Gasteiger partial charge >= 0.3 is 0 Å². The Morgan fingerprint density at radius 2 is 2.14 bits per heavy atom. The van der Waals surface area contributed by atoms with Crippen molar-refractivity contribution in [3.63, 3.8) is 0 Å². The first kappa shape index (κ1) is 27.1. The van der Waals surface area contributed by atoms with E-state index >= 15 is 0 Å². The lowest BCUT2D eigenvalue weighted by molar-refractivity contribution is -0.140. The molecule has 2 aromatic rings. The minimum absolute atomic E-state index is 0.0781.